The lowest BCUT2D eigenvalue weighted by molar-refractivity contribution is -0.519. The van der Waals surface area contributed by atoms with Crippen molar-refractivity contribution in [2.45, 2.75) is 47.5 Å². The third-order valence-corrected chi connectivity index (χ3v) is 7.34. The quantitative estimate of drug-likeness (QED) is 0.431. The molecule has 1 aliphatic carbocycles. The number of aryl methyl sites for hydroxylation is 1. The van der Waals surface area contributed by atoms with Gasteiger partial charge in [0.05, 0.1) is 0 Å². The fraction of sp³-hybridized carbons (Fsp3) is 0.433. The summed E-state index contributed by atoms with van der Waals surface area (Å²) in [6.07, 6.45) is 7.08. The number of hydrogen-bond acceptors (Lipinski definition) is 3. The van der Waals surface area contributed by atoms with Gasteiger partial charge in [-0.15, -0.1) is 0 Å². The zero-order valence-corrected chi connectivity index (χ0v) is 21.6. The van der Waals surface area contributed by atoms with Crippen LogP contribution in [0.5, 0.6) is 11.5 Å². The van der Waals surface area contributed by atoms with Gasteiger partial charge >= 0.3 is 0 Å². The Bertz CT molecular complexity index is 1120. The zero-order chi connectivity index (χ0) is 24.2. The van der Waals surface area contributed by atoms with E-state index in [2.05, 4.69) is 106 Å². The van der Waals surface area contributed by atoms with E-state index in [4.69, 9.17) is 9.47 Å². The third kappa shape index (κ3) is 4.64. The summed E-state index contributed by atoms with van der Waals surface area (Å²) in [5.41, 5.74) is 7.93. The van der Waals surface area contributed by atoms with Gasteiger partial charge in [0.2, 0.25) is 6.79 Å². The molecule has 2 unspecified atom stereocenters. The average molecular weight is 460 g/mol. The van der Waals surface area contributed by atoms with E-state index in [1.54, 1.807) is 0 Å². The van der Waals surface area contributed by atoms with Crippen LogP contribution in [-0.2, 0) is 0 Å². The number of hydrogen-bond donors (Lipinski definition) is 0. The Balaban J connectivity index is 1.80. The summed E-state index contributed by atoms with van der Waals surface area (Å²) in [4.78, 5) is 2.41. The average Bonchev–Trinajstić information content (AvgIpc) is 3.31. The maximum atomic E-state index is 5.75. The van der Waals surface area contributed by atoms with Gasteiger partial charge in [-0.25, -0.2) is 4.58 Å². The summed E-state index contributed by atoms with van der Waals surface area (Å²) in [5, 5.41) is 0. The molecule has 180 valence electrons. The molecule has 4 nitrogen and oxygen atoms in total. The van der Waals surface area contributed by atoms with Crippen LogP contribution in [-0.4, -0.2) is 43.3 Å². The normalized spacial score (nSPS) is 17.5. The van der Waals surface area contributed by atoms with Crippen LogP contribution in [0, 0.1) is 12.8 Å². The van der Waals surface area contributed by atoms with Crippen LogP contribution in [0.2, 0.25) is 0 Å². The highest BCUT2D eigenvalue weighted by atomic mass is 16.7. The number of benzene rings is 2. The van der Waals surface area contributed by atoms with Crippen molar-refractivity contribution in [2.75, 3.05) is 37.9 Å². The molecule has 0 amide bonds. The second-order valence-electron chi connectivity index (χ2n) is 9.17. The molecule has 0 bridgehead atoms. The number of rotatable bonds is 8. The molecule has 0 radical (unpaired) electrons. The van der Waals surface area contributed by atoms with Crippen molar-refractivity contribution in [1.29, 1.82) is 0 Å². The van der Waals surface area contributed by atoms with E-state index >= 15 is 0 Å². The first-order chi connectivity index (χ1) is 16.5. The number of ether oxygens (including phenoxy) is 2. The van der Waals surface area contributed by atoms with Crippen LogP contribution in [0.15, 0.2) is 60.2 Å². The summed E-state index contributed by atoms with van der Waals surface area (Å²) < 4.78 is 13.8. The van der Waals surface area contributed by atoms with E-state index in [0.717, 1.165) is 37.7 Å². The number of nitrogens with zero attached hydrogens (tertiary/aromatic N) is 2. The van der Waals surface area contributed by atoms with Gasteiger partial charge in [0, 0.05) is 42.8 Å². The maximum absolute atomic E-state index is 5.75. The molecule has 0 N–H and O–H groups in total. The lowest BCUT2D eigenvalue weighted by Gasteiger charge is -2.31. The first kappa shape index (κ1) is 24.1. The molecule has 34 heavy (non-hydrogen) atoms. The van der Waals surface area contributed by atoms with Crippen molar-refractivity contribution < 1.29 is 14.0 Å². The van der Waals surface area contributed by atoms with Crippen LogP contribution in [0.25, 0.3) is 0 Å². The molecule has 1 aliphatic heterocycles. The molecule has 2 aromatic carbocycles. The van der Waals surface area contributed by atoms with E-state index in [0.29, 0.717) is 6.79 Å². The number of anilines is 1. The van der Waals surface area contributed by atoms with Crippen molar-refractivity contribution >= 4 is 11.4 Å². The van der Waals surface area contributed by atoms with E-state index in [9.17, 15) is 0 Å². The Morgan fingerprint density at radius 3 is 2.32 bits per heavy atom. The van der Waals surface area contributed by atoms with E-state index in [1.165, 1.54) is 33.7 Å². The van der Waals surface area contributed by atoms with Gasteiger partial charge < -0.3 is 14.4 Å². The lowest BCUT2D eigenvalue weighted by atomic mass is 9.74. The first-order valence-electron chi connectivity index (χ1n) is 12.7. The first-order valence-corrected chi connectivity index (χ1v) is 12.7. The van der Waals surface area contributed by atoms with Crippen LogP contribution < -0.4 is 14.4 Å². The molecule has 2 aliphatic rings. The second-order valence-corrected chi connectivity index (χ2v) is 9.17. The minimum absolute atomic E-state index is 0.200. The molecule has 1 heterocycles. The Morgan fingerprint density at radius 2 is 1.68 bits per heavy atom. The van der Waals surface area contributed by atoms with Crippen LogP contribution in [0.1, 0.15) is 57.2 Å². The summed E-state index contributed by atoms with van der Waals surface area (Å²) in [5.74, 6) is 2.15. The van der Waals surface area contributed by atoms with Gasteiger partial charge in [0.25, 0.3) is 0 Å². The lowest BCUT2D eigenvalue weighted by Crippen LogP contribution is -2.24. The minimum Gasteiger partial charge on any atom is -0.454 e. The van der Waals surface area contributed by atoms with Crippen LogP contribution >= 0.6 is 0 Å². The van der Waals surface area contributed by atoms with Gasteiger partial charge in [0.1, 0.15) is 13.1 Å². The minimum atomic E-state index is 0.200. The highest BCUT2D eigenvalue weighted by Gasteiger charge is 2.30. The van der Waals surface area contributed by atoms with Crippen molar-refractivity contribution in [3.8, 4) is 11.5 Å². The number of fused-ring (bicyclic) bond motifs is 1. The Hall–Kier alpha value is -3.01. The highest BCUT2D eigenvalue weighted by molar-refractivity contribution is 6.01. The molecule has 0 saturated heterocycles. The molecular weight excluding hydrogens is 420 g/mol. The monoisotopic (exact) mass is 459 g/mol. The molecule has 4 heteroatoms. The molecule has 0 aromatic heterocycles. The SMILES string of the molecule is CCN(CC)c1ccc(C(c2ccc3c(c2)OCO3)C2C=CC(=[N+](CC)CC)C=C2C)c(C)c1. The topological polar surface area (TPSA) is 24.7 Å². The van der Waals surface area contributed by atoms with Gasteiger partial charge in [0.15, 0.2) is 17.2 Å². The molecular formula is C30H39N2O2+. The Labute approximate surface area is 205 Å². The molecule has 0 fully saturated rings. The molecule has 2 atom stereocenters. The Kier molecular flexibility index (Phi) is 7.45. The van der Waals surface area contributed by atoms with Crippen LogP contribution in [0.3, 0.4) is 0 Å². The van der Waals surface area contributed by atoms with Crippen molar-refractivity contribution in [3.63, 3.8) is 0 Å². The number of allylic oxidation sites excluding steroid dienone is 4. The second kappa shape index (κ2) is 10.5. The maximum Gasteiger partial charge on any atom is 0.231 e. The zero-order valence-electron chi connectivity index (χ0n) is 21.6. The smallest absolute Gasteiger partial charge is 0.231 e. The fourth-order valence-electron chi connectivity index (χ4n) is 5.37. The summed E-state index contributed by atoms with van der Waals surface area (Å²) in [6.45, 7) is 17.7. The third-order valence-electron chi connectivity index (χ3n) is 7.34. The molecule has 0 spiro atoms. The van der Waals surface area contributed by atoms with Crippen molar-refractivity contribution in [2.24, 2.45) is 5.92 Å². The highest BCUT2D eigenvalue weighted by Crippen LogP contribution is 2.43. The van der Waals surface area contributed by atoms with Crippen molar-refractivity contribution in [3.05, 3.63) is 76.9 Å². The molecule has 4 rings (SSSR count). The standard InChI is InChI=1S/C30H39N2O2/c1-7-31(8-2)24-12-14-26(21(5)17-24)30(23-11-16-28-29(19-23)34-20-33-28)27-15-13-25(18-22(27)6)32(9-3)10-4/h11-19,26,30H,7-10,20H2,1-6H3/q+1. The van der Waals surface area contributed by atoms with Gasteiger partial charge in [-0.1, -0.05) is 23.8 Å². The largest absolute Gasteiger partial charge is 0.454 e. The summed E-state index contributed by atoms with van der Waals surface area (Å²) >= 11 is 0. The Morgan fingerprint density at radius 1 is 0.941 bits per heavy atom. The predicted octanol–water partition coefficient (Wildman–Crippen LogP) is 6.33. The predicted molar refractivity (Wildman–Crippen MR) is 142 cm³/mol. The van der Waals surface area contributed by atoms with Gasteiger partial charge in [-0.05, 0) is 82.5 Å². The van der Waals surface area contributed by atoms with Gasteiger partial charge in [-0.2, -0.15) is 0 Å². The molecule has 2 aromatic rings. The summed E-state index contributed by atoms with van der Waals surface area (Å²) in [6, 6.07) is 13.4. The van der Waals surface area contributed by atoms with Crippen LogP contribution in [0.4, 0.5) is 5.69 Å². The van der Waals surface area contributed by atoms with E-state index in [1.807, 2.05) is 0 Å². The van der Waals surface area contributed by atoms with E-state index < -0.39 is 0 Å². The van der Waals surface area contributed by atoms with Gasteiger partial charge in [-0.3, -0.25) is 0 Å². The van der Waals surface area contributed by atoms with Crippen molar-refractivity contribution in [1.82, 2.24) is 0 Å². The fourth-order valence-corrected chi connectivity index (χ4v) is 5.37. The molecule has 0 saturated carbocycles. The van der Waals surface area contributed by atoms with E-state index in [-0.39, 0.29) is 11.8 Å². The summed E-state index contributed by atoms with van der Waals surface area (Å²) in [7, 11) is 0.